The third-order valence-electron chi connectivity index (χ3n) is 3.96. The number of thioether (sulfide) groups is 1. The average molecular weight is 619 g/mol. The summed E-state index contributed by atoms with van der Waals surface area (Å²) in [7, 11) is 0. The Morgan fingerprint density at radius 1 is 1.17 bits per heavy atom. The van der Waals surface area contributed by atoms with Gasteiger partial charge >= 0.3 is 5.97 Å². The molecule has 0 atom stereocenters. The first-order valence-corrected chi connectivity index (χ1v) is 11.7. The second-order valence-corrected chi connectivity index (χ2v) is 9.90. The number of carbonyl (C=O) groups is 2. The number of carboxylic acids is 1. The monoisotopic (exact) mass is 616 g/mol. The van der Waals surface area contributed by atoms with Gasteiger partial charge in [0.1, 0.15) is 5.75 Å². The van der Waals surface area contributed by atoms with Crippen LogP contribution in [0.3, 0.4) is 0 Å². The van der Waals surface area contributed by atoms with Gasteiger partial charge in [-0.05, 0) is 105 Å². The molecule has 3 rings (SSSR count). The molecule has 1 heterocycles. The minimum Gasteiger partial charge on any atom is -0.480 e. The number of aliphatic carboxylic acids is 1. The number of nitrogens with zero attached hydrogens (tertiary/aromatic N) is 1. The van der Waals surface area contributed by atoms with E-state index in [1.807, 2.05) is 26.0 Å². The number of aryl methyl sites for hydroxylation is 2. The van der Waals surface area contributed by atoms with Crippen LogP contribution in [0.2, 0.25) is 0 Å². The van der Waals surface area contributed by atoms with Gasteiger partial charge in [-0.2, -0.15) is 0 Å². The number of hydrogen-bond donors (Lipinski definition) is 2. The minimum atomic E-state index is -1.07. The van der Waals surface area contributed by atoms with Crippen molar-refractivity contribution in [2.45, 2.75) is 13.8 Å². The third kappa shape index (κ3) is 5.54. The van der Waals surface area contributed by atoms with Crippen molar-refractivity contribution in [1.29, 1.82) is 0 Å². The highest BCUT2D eigenvalue weighted by Gasteiger charge is 2.24. The summed E-state index contributed by atoms with van der Waals surface area (Å²) in [6.07, 6.45) is 1.73. The number of rotatable bonds is 5. The SMILES string of the molecule is Cc1cc(N=C2NC(=O)/C(=C/c3cc(Br)c(OCC(=O)O)c(Br)c3)S2)cc(C)c1Br. The Balaban J connectivity index is 1.83. The van der Waals surface area contributed by atoms with Gasteiger partial charge in [0.05, 0.1) is 19.5 Å². The van der Waals surface area contributed by atoms with Crippen LogP contribution in [0, 0.1) is 13.8 Å². The molecule has 2 aromatic carbocycles. The van der Waals surface area contributed by atoms with Crippen molar-refractivity contribution < 1.29 is 19.4 Å². The highest BCUT2D eigenvalue weighted by molar-refractivity contribution is 9.11. The van der Waals surface area contributed by atoms with E-state index >= 15 is 0 Å². The van der Waals surface area contributed by atoms with Crippen LogP contribution in [0.5, 0.6) is 5.75 Å². The average Bonchev–Trinajstić information content (AvgIpc) is 2.97. The van der Waals surface area contributed by atoms with Crippen LogP contribution < -0.4 is 10.1 Å². The fourth-order valence-corrected chi connectivity index (χ4v) is 5.19. The summed E-state index contributed by atoms with van der Waals surface area (Å²) in [6, 6.07) is 7.39. The number of carbonyl (C=O) groups excluding carboxylic acids is 1. The zero-order chi connectivity index (χ0) is 22.0. The maximum Gasteiger partial charge on any atom is 0.341 e. The van der Waals surface area contributed by atoms with Gasteiger partial charge < -0.3 is 15.2 Å². The summed E-state index contributed by atoms with van der Waals surface area (Å²) in [5, 5.41) is 12.1. The van der Waals surface area contributed by atoms with E-state index in [-0.39, 0.29) is 5.91 Å². The predicted molar refractivity (Wildman–Crippen MR) is 129 cm³/mol. The number of ether oxygens (including phenoxy) is 1. The van der Waals surface area contributed by atoms with Crippen LogP contribution in [0.15, 0.2) is 47.6 Å². The number of amidine groups is 1. The van der Waals surface area contributed by atoms with Gasteiger partial charge in [0.25, 0.3) is 5.91 Å². The Kier molecular flexibility index (Phi) is 7.43. The lowest BCUT2D eigenvalue weighted by atomic mass is 10.1. The molecule has 0 aliphatic carbocycles. The highest BCUT2D eigenvalue weighted by Crippen LogP contribution is 2.37. The van der Waals surface area contributed by atoms with E-state index in [1.54, 1.807) is 18.2 Å². The Morgan fingerprint density at radius 3 is 2.33 bits per heavy atom. The Hall–Kier alpha value is -1.62. The Morgan fingerprint density at radius 2 is 1.77 bits per heavy atom. The molecule has 30 heavy (non-hydrogen) atoms. The number of hydrogen-bond acceptors (Lipinski definition) is 5. The summed E-state index contributed by atoms with van der Waals surface area (Å²) < 4.78 is 7.45. The van der Waals surface area contributed by atoms with E-state index in [0.717, 1.165) is 26.9 Å². The lowest BCUT2D eigenvalue weighted by molar-refractivity contribution is -0.139. The molecular weight excluding hydrogens is 604 g/mol. The Bertz CT molecular complexity index is 1070. The molecule has 0 bridgehead atoms. The molecule has 1 fully saturated rings. The van der Waals surface area contributed by atoms with E-state index in [4.69, 9.17) is 9.84 Å². The summed E-state index contributed by atoms with van der Waals surface area (Å²) in [5.41, 5.74) is 3.65. The van der Waals surface area contributed by atoms with Gasteiger partial charge in [-0.15, -0.1) is 0 Å². The first-order chi connectivity index (χ1) is 14.1. The lowest BCUT2D eigenvalue weighted by Gasteiger charge is -2.09. The summed E-state index contributed by atoms with van der Waals surface area (Å²) in [5.74, 6) is -0.920. The number of carboxylic acid groups (broad SMARTS) is 1. The molecule has 0 unspecified atom stereocenters. The maximum absolute atomic E-state index is 12.4. The molecule has 1 saturated heterocycles. The van der Waals surface area contributed by atoms with E-state index in [9.17, 15) is 9.59 Å². The fraction of sp³-hybridized carbons (Fsp3) is 0.150. The summed E-state index contributed by atoms with van der Waals surface area (Å²) in [6.45, 7) is 3.53. The molecule has 0 radical (unpaired) electrons. The molecule has 1 amide bonds. The van der Waals surface area contributed by atoms with Crippen molar-refractivity contribution in [2.24, 2.45) is 4.99 Å². The normalized spacial score (nSPS) is 16.2. The number of halogens is 3. The molecule has 0 aromatic heterocycles. The van der Waals surface area contributed by atoms with E-state index in [0.29, 0.717) is 24.8 Å². The molecule has 156 valence electrons. The summed E-state index contributed by atoms with van der Waals surface area (Å²) >= 11 is 11.5. The number of benzene rings is 2. The fourth-order valence-electron chi connectivity index (χ4n) is 2.67. The standard InChI is InChI=1S/C20H15Br3N2O4S/c1-9-3-12(4-10(2)17(9)23)24-20-25-19(28)15(30-20)7-11-5-13(21)18(14(22)6-11)29-8-16(26)27/h3-7H,8H2,1-2H3,(H,26,27)(H,24,25,28)/b15-7-. The molecular formula is C20H15Br3N2O4S. The first-order valence-electron chi connectivity index (χ1n) is 8.54. The van der Waals surface area contributed by atoms with Crippen LogP contribution in [0.1, 0.15) is 16.7 Å². The first kappa shape index (κ1) is 23.1. The van der Waals surface area contributed by atoms with E-state index in [1.165, 1.54) is 11.8 Å². The second-order valence-electron chi connectivity index (χ2n) is 6.37. The third-order valence-corrected chi connectivity index (χ3v) is 7.30. The zero-order valence-corrected chi connectivity index (χ0v) is 21.3. The zero-order valence-electron chi connectivity index (χ0n) is 15.8. The quantitative estimate of drug-likeness (QED) is 0.405. The van der Waals surface area contributed by atoms with Gasteiger partial charge in [0.15, 0.2) is 11.8 Å². The lowest BCUT2D eigenvalue weighted by Crippen LogP contribution is -2.19. The van der Waals surface area contributed by atoms with Gasteiger partial charge in [-0.25, -0.2) is 9.79 Å². The largest absolute Gasteiger partial charge is 0.480 e. The van der Waals surface area contributed by atoms with E-state index in [2.05, 4.69) is 58.1 Å². The van der Waals surface area contributed by atoms with Crippen molar-refractivity contribution in [3.8, 4) is 5.75 Å². The molecule has 1 aliphatic heterocycles. The predicted octanol–water partition coefficient (Wildman–Crippen LogP) is 5.95. The van der Waals surface area contributed by atoms with Gasteiger partial charge in [-0.1, -0.05) is 15.9 Å². The number of aliphatic imine (C=N–C) groups is 1. The van der Waals surface area contributed by atoms with Crippen molar-refractivity contribution >= 4 is 88.4 Å². The number of amides is 1. The Labute approximate surface area is 202 Å². The molecule has 0 spiro atoms. The topological polar surface area (TPSA) is 88.0 Å². The van der Waals surface area contributed by atoms with Crippen LogP contribution in [-0.2, 0) is 9.59 Å². The van der Waals surface area contributed by atoms with Crippen LogP contribution in [0.4, 0.5) is 5.69 Å². The highest BCUT2D eigenvalue weighted by atomic mass is 79.9. The van der Waals surface area contributed by atoms with Crippen LogP contribution in [-0.4, -0.2) is 28.8 Å². The van der Waals surface area contributed by atoms with Crippen molar-refractivity contribution in [3.63, 3.8) is 0 Å². The molecule has 6 nitrogen and oxygen atoms in total. The molecule has 10 heteroatoms. The second kappa shape index (κ2) is 9.67. The van der Waals surface area contributed by atoms with Gasteiger partial charge in [0, 0.05) is 4.47 Å². The van der Waals surface area contributed by atoms with Crippen molar-refractivity contribution in [1.82, 2.24) is 5.32 Å². The maximum atomic E-state index is 12.4. The smallest absolute Gasteiger partial charge is 0.341 e. The number of nitrogens with one attached hydrogen (secondary N) is 1. The van der Waals surface area contributed by atoms with Crippen LogP contribution in [0.25, 0.3) is 6.08 Å². The molecule has 1 aliphatic rings. The molecule has 0 saturated carbocycles. The molecule has 2 aromatic rings. The van der Waals surface area contributed by atoms with Gasteiger partial charge in [-0.3, -0.25) is 4.79 Å². The van der Waals surface area contributed by atoms with Gasteiger partial charge in [0.2, 0.25) is 0 Å². The molecule has 2 N–H and O–H groups in total. The summed E-state index contributed by atoms with van der Waals surface area (Å²) in [4.78, 5) is 28.1. The van der Waals surface area contributed by atoms with Crippen molar-refractivity contribution in [3.05, 3.63) is 59.3 Å². The van der Waals surface area contributed by atoms with Crippen molar-refractivity contribution in [2.75, 3.05) is 6.61 Å². The minimum absolute atomic E-state index is 0.234. The van der Waals surface area contributed by atoms with E-state index < -0.39 is 12.6 Å². The van der Waals surface area contributed by atoms with Crippen LogP contribution >= 0.6 is 59.6 Å².